The van der Waals surface area contributed by atoms with Crippen LogP contribution in [0.5, 0.6) is 0 Å². The minimum Gasteiger partial charge on any atom is -0.361 e. The number of nitrogens with zero attached hydrogens (tertiary/aromatic N) is 2. The van der Waals surface area contributed by atoms with E-state index in [4.69, 9.17) is 4.52 Å². The molecule has 0 saturated carbocycles. The fourth-order valence-corrected chi connectivity index (χ4v) is 2.96. The molecule has 0 aromatic carbocycles. The van der Waals surface area contributed by atoms with E-state index >= 15 is 0 Å². The highest BCUT2D eigenvalue weighted by atomic mass is 16.5. The maximum atomic E-state index is 12.6. The molecule has 20 heavy (non-hydrogen) atoms. The second-order valence-corrected chi connectivity index (χ2v) is 5.23. The van der Waals surface area contributed by atoms with E-state index in [1.807, 2.05) is 0 Å². The van der Waals surface area contributed by atoms with E-state index in [1.54, 1.807) is 24.5 Å². The number of pyridine rings is 1. The molecule has 0 N–H and O–H groups in total. The molecule has 0 fully saturated rings. The van der Waals surface area contributed by atoms with Crippen LogP contribution in [0.4, 0.5) is 0 Å². The summed E-state index contributed by atoms with van der Waals surface area (Å²) in [5.41, 5.74) is 3.33. The van der Waals surface area contributed by atoms with Crippen LogP contribution in [-0.2, 0) is 13.0 Å². The first-order valence-electron chi connectivity index (χ1n) is 6.71. The van der Waals surface area contributed by atoms with Crippen LogP contribution >= 0.6 is 0 Å². The Morgan fingerprint density at radius 1 is 1.40 bits per heavy atom. The van der Waals surface area contributed by atoms with Gasteiger partial charge in [-0.25, -0.2) is 0 Å². The zero-order valence-electron chi connectivity index (χ0n) is 11.8. The lowest BCUT2D eigenvalue weighted by atomic mass is 10.00. The van der Waals surface area contributed by atoms with Gasteiger partial charge in [-0.1, -0.05) is 5.16 Å². The quantitative estimate of drug-likeness (QED) is 0.787. The third-order valence-electron chi connectivity index (χ3n) is 3.88. The lowest BCUT2D eigenvalue weighted by Gasteiger charge is -2.11. The lowest BCUT2D eigenvalue weighted by molar-refractivity contribution is 0.101. The second kappa shape index (κ2) is 4.44. The summed E-state index contributed by atoms with van der Waals surface area (Å²) in [7, 11) is 0. The molecule has 5 nitrogen and oxygen atoms in total. The monoisotopic (exact) mass is 272 g/mol. The van der Waals surface area contributed by atoms with Gasteiger partial charge in [-0.05, 0) is 39.7 Å². The molecule has 2 aromatic heterocycles. The van der Waals surface area contributed by atoms with Crippen LogP contribution in [0.2, 0.25) is 0 Å². The second-order valence-electron chi connectivity index (χ2n) is 5.23. The number of hydrogen-bond donors (Lipinski definition) is 0. The highest BCUT2D eigenvalue weighted by molar-refractivity contribution is 5.96. The normalized spacial score (nSPS) is 13.6. The fourth-order valence-electron chi connectivity index (χ4n) is 2.96. The van der Waals surface area contributed by atoms with Crippen molar-refractivity contribution in [2.45, 2.75) is 40.2 Å². The summed E-state index contributed by atoms with van der Waals surface area (Å²) < 4.78 is 6.86. The zero-order chi connectivity index (χ0) is 14.4. The van der Waals surface area contributed by atoms with Crippen molar-refractivity contribution in [3.05, 3.63) is 39.1 Å². The number of carbonyl (C=O) groups is 1. The van der Waals surface area contributed by atoms with Gasteiger partial charge in [-0.15, -0.1) is 0 Å². The Kier molecular flexibility index (Phi) is 2.85. The van der Waals surface area contributed by atoms with E-state index < -0.39 is 0 Å². The lowest BCUT2D eigenvalue weighted by Crippen LogP contribution is -2.23. The summed E-state index contributed by atoms with van der Waals surface area (Å²) in [5.74, 6) is 0.594. The molecular weight excluding hydrogens is 256 g/mol. The molecule has 0 radical (unpaired) electrons. The molecule has 0 unspecified atom stereocenters. The van der Waals surface area contributed by atoms with E-state index in [0.29, 0.717) is 34.7 Å². The van der Waals surface area contributed by atoms with E-state index in [2.05, 4.69) is 5.16 Å². The molecule has 0 spiro atoms. The molecular formula is C15H16N2O3. The topological polar surface area (TPSA) is 65.1 Å². The van der Waals surface area contributed by atoms with Crippen molar-refractivity contribution in [1.29, 1.82) is 0 Å². The predicted octanol–water partition coefficient (Wildman–Crippen LogP) is 2.27. The van der Waals surface area contributed by atoms with Crippen molar-refractivity contribution in [2.24, 2.45) is 0 Å². The average Bonchev–Trinajstić information content (AvgIpc) is 2.99. The molecule has 0 amide bonds. The van der Waals surface area contributed by atoms with Gasteiger partial charge in [0, 0.05) is 17.8 Å². The van der Waals surface area contributed by atoms with Gasteiger partial charge in [0.2, 0.25) is 0 Å². The Balaban J connectivity index is 2.36. The molecule has 0 saturated heterocycles. The van der Waals surface area contributed by atoms with Crippen LogP contribution in [0.3, 0.4) is 0 Å². The van der Waals surface area contributed by atoms with E-state index in [0.717, 1.165) is 18.5 Å². The summed E-state index contributed by atoms with van der Waals surface area (Å²) in [6.07, 6.45) is 1.69. The number of carbonyl (C=O) groups excluding carboxylic acids is 1. The van der Waals surface area contributed by atoms with Crippen molar-refractivity contribution in [3.63, 3.8) is 0 Å². The van der Waals surface area contributed by atoms with Crippen molar-refractivity contribution < 1.29 is 9.32 Å². The van der Waals surface area contributed by atoms with E-state index in [-0.39, 0.29) is 11.3 Å². The first kappa shape index (κ1) is 12.8. The van der Waals surface area contributed by atoms with Gasteiger partial charge in [-0.3, -0.25) is 9.59 Å². The predicted molar refractivity (Wildman–Crippen MR) is 74.0 cm³/mol. The Morgan fingerprint density at radius 2 is 2.15 bits per heavy atom. The molecule has 104 valence electrons. The molecule has 0 aliphatic carbocycles. The minimum atomic E-state index is -0.0584. The Bertz CT molecular complexity index is 749. The van der Waals surface area contributed by atoms with Gasteiger partial charge >= 0.3 is 0 Å². The number of fused-ring (bicyclic) bond motifs is 1. The van der Waals surface area contributed by atoms with Crippen LogP contribution in [0.15, 0.2) is 15.4 Å². The fraction of sp³-hybridized carbons (Fsp3) is 0.400. The molecule has 5 heteroatoms. The highest BCUT2D eigenvalue weighted by Gasteiger charge is 2.24. The molecule has 0 atom stereocenters. The minimum absolute atomic E-state index is 0.0105. The number of rotatable bonds is 2. The average molecular weight is 272 g/mol. The van der Waals surface area contributed by atoms with Crippen LogP contribution < -0.4 is 5.56 Å². The SMILES string of the molecule is CC(=O)c1cc(-c2c(C)noc2C)c(=O)n2c1CCC2. The van der Waals surface area contributed by atoms with Gasteiger partial charge in [0.15, 0.2) is 5.78 Å². The van der Waals surface area contributed by atoms with E-state index in [9.17, 15) is 9.59 Å². The summed E-state index contributed by atoms with van der Waals surface area (Å²) in [4.78, 5) is 24.5. The third kappa shape index (κ3) is 1.73. The highest BCUT2D eigenvalue weighted by Crippen LogP contribution is 2.28. The van der Waals surface area contributed by atoms with Crippen LogP contribution in [0, 0.1) is 13.8 Å². The van der Waals surface area contributed by atoms with Crippen molar-refractivity contribution in [3.8, 4) is 11.1 Å². The van der Waals surface area contributed by atoms with Crippen LogP contribution in [0.25, 0.3) is 11.1 Å². The van der Waals surface area contributed by atoms with Crippen molar-refractivity contribution >= 4 is 5.78 Å². The number of ketones is 1. The molecule has 2 aromatic rings. The van der Waals surface area contributed by atoms with Gasteiger partial charge < -0.3 is 9.09 Å². The maximum absolute atomic E-state index is 12.6. The summed E-state index contributed by atoms with van der Waals surface area (Å²) in [5, 5.41) is 3.89. The first-order valence-corrected chi connectivity index (χ1v) is 6.71. The number of hydrogen-bond acceptors (Lipinski definition) is 4. The molecule has 3 heterocycles. The van der Waals surface area contributed by atoms with Gasteiger partial charge in [-0.2, -0.15) is 0 Å². The zero-order valence-corrected chi connectivity index (χ0v) is 11.8. The Hall–Kier alpha value is -2.17. The van der Waals surface area contributed by atoms with Crippen LogP contribution in [0.1, 0.15) is 40.9 Å². The Morgan fingerprint density at radius 3 is 2.75 bits per heavy atom. The maximum Gasteiger partial charge on any atom is 0.258 e. The van der Waals surface area contributed by atoms with Gasteiger partial charge in [0.05, 0.1) is 16.8 Å². The molecule has 0 bridgehead atoms. The number of aryl methyl sites for hydroxylation is 2. The Labute approximate surface area is 116 Å². The molecule has 1 aliphatic heterocycles. The van der Waals surface area contributed by atoms with E-state index in [1.165, 1.54) is 6.92 Å². The third-order valence-corrected chi connectivity index (χ3v) is 3.88. The van der Waals surface area contributed by atoms with Gasteiger partial charge in [0.25, 0.3) is 5.56 Å². The number of Topliss-reactive ketones (excluding diaryl/α,β-unsaturated/α-hetero) is 1. The molecule has 1 aliphatic rings. The molecule has 3 rings (SSSR count). The van der Waals surface area contributed by atoms with Gasteiger partial charge in [0.1, 0.15) is 5.76 Å². The first-order chi connectivity index (χ1) is 9.50. The largest absolute Gasteiger partial charge is 0.361 e. The summed E-state index contributed by atoms with van der Waals surface area (Å²) >= 11 is 0. The van der Waals surface area contributed by atoms with Crippen molar-refractivity contribution in [1.82, 2.24) is 9.72 Å². The van der Waals surface area contributed by atoms with Crippen LogP contribution in [-0.4, -0.2) is 15.5 Å². The smallest absolute Gasteiger partial charge is 0.258 e. The van der Waals surface area contributed by atoms with Crippen molar-refractivity contribution in [2.75, 3.05) is 0 Å². The summed E-state index contributed by atoms with van der Waals surface area (Å²) in [6.45, 7) is 5.79. The standard InChI is InChI=1S/C15H16N2O3/c1-8-14(10(3)20-16-8)12-7-11(9(2)18)13-5-4-6-17(13)15(12)19/h7H,4-6H2,1-3H3. The summed E-state index contributed by atoms with van der Waals surface area (Å²) in [6, 6.07) is 1.70. The number of aromatic nitrogens is 2.